The Hall–Kier alpha value is -1.18. The molecule has 1 spiro atoms. The molecule has 0 aromatic heterocycles. The maximum atomic E-state index is 12.7. The summed E-state index contributed by atoms with van der Waals surface area (Å²) in [6.07, 6.45) is 6.15. The zero-order valence-electron chi connectivity index (χ0n) is 15.8. The fraction of sp³-hybridized carbons (Fsp3) is 0.895. The fourth-order valence-electron chi connectivity index (χ4n) is 5.62. The van der Waals surface area contributed by atoms with Gasteiger partial charge in [0.2, 0.25) is 11.8 Å². The summed E-state index contributed by atoms with van der Waals surface area (Å²) in [5, 5.41) is 12.9. The van der Waals surface area contributed by atoms with E-state index in [1.165, 1.54) is 32.6 Å². The summed E-state index contributed by atoms with van der Waals surface area (Å²) in [5.74, 6) is 0.0303. The van der Waals surface area contributed by atoms with Gasteiger partial charge in [-0.15, -0.1) is 0 Å². The minimum absolute atomic E-state index is 0.0205. The highest BCUT2D eigenvalue weighted by Crippen LogP contribution is 2.41. The monoisotopic (exact) mass is 364 g/mol. The van der Waals surface area contributed by atoms with Crippen molar-refractivity contribution in [1.82, 2.24) is 20.0 Å². The summed E-state index contributed by atoms with van der Waals surface area (Å²) in [4.78, 5) is 30.8. The minimum Gasteiger partial charge on any atom is -0.392 e. The number of nitrogens with zero attached hydrogens (tertiary/aromatic N) is 3. The number of fused-ring (bicyclic) bond motifs is 2. The van der Waals surface area contributed by atoms with Crippen LogP contribution in [0.4, 0.5) is 0 Å². The second kappa shape index (κ2) is 7.09. The van der Waals surface area contributed by atoms with Crippen molar-refractivity contribution < 1.29 is 14.7 Å². The zero-order valence-corrected chi connectivity index (χ0v) is 15.8. The molecule has 4 rings (SSSR count). The lowest BCUT2D eigenvalue weighted by Gasteiger charge is -2.62. The number of likely N-dealkylation sites (tertiary alicyclic amines) is 1. The summed E-state index contributed by atoms with van der Waals surface area (Å²) in [7, 11) is 0. The maximum Gasteiger partial charge on any atom is 0.224 e. The normalized spacial score (nSPS) is 31.8. The van der Waals surface area contributed by atoms with Crippen LogP contribution in [0.5, 0.6) is 0 Å². The largest absolute Gasteiger partial charge is 0.392 e. The second-order valence-corrected chi connectivity index (χ2v) is 8.77. The molecule has 0 bridgehead atoms. The van der Waals surface area contributed by atoms with Crippen LogP contribution in [0, 0.1) is 0 Å². The van der Waals surface area contributed by atoms with Crippen molar-refractivity contribution >= 4 is 11.8 Å². The maximum absolute atomic E-state index is 12.7. The predicted molar refractivity (Wildman–Crippen MR) is 97.6 cm³/mol. The first-order valence-electron chi connectivity index (χ1n) is 10.2. The van der Waals surface area contributed by atoms with Crippen molar-refractivity contribution in [2.45, 2.75) is 69.2 Å². The molecule has 7 nitrogen and oxygen atoms in total. The van der Waals surface area contributed by atoms with Gasteiger partial charge in [-0.3, -0.25) is 19.4 Å². The molecule has 2 atom stereocenters. The number of hydrogen-bond acceptors (Lipinski definition) is 5. The number of rotatable bonds is 4. The molecule has 4 fully saturated rings. The lowest BCUT2D eigenvalue weighted by atomic mass is 9.82. The third-order valence-corrected chi connectivity index (χ3v) is 6.82. The van der Waals surface area contributed by atoms with Crippen LogP contribution in [0.25, 0.3) is 0 Å². The van der Waals surface area contributed by atoms with E-state index in [0.29, 0.717) is 19.5 Å². The van der Waals surface area contributed by atoms with Crippen molar-refractivity contribution in [2.24, 2.45) is 0 Å². The number of carbonyl (C=O) groups excluding carboxylic acids is 2. The van der Waals surface area contributed by atoms with Crippen LogP contribution in [0.2, 0.25) is 0 Å². The highest BCUT2D eigenvalue weighted by molar-refractivity contribution is 5.78. The quantitative estimate of drug-likeness (QED) is 0.722. The fourth-order valence-corrected chi connectivity index (χ4v) is 5.62. The van der Waals surface area contributed by atoms with Gasteiger partial charge in [-0.25, -0.2) is 0 Å². The SMILES string of the molecule is CC(=O)NCCC(=O)N1C[C@@H]2C[C@@H](O)CN2C2(C1)CN(C1CCCC1)C2. The van der Waals surface area contributed by atoms with E-state index >= 15 is 0 Å². The number of carbonyl (C=O) groups is 2. The van der Waals surface area contributed by atoms with Crippen LogP contribution in [0.15, 0.2) is 0 Å². The summed E-state index contributed by atoms with van der Waals surface area (Å²) in [6, 6.07) is 0.992. The lowest BCUT2D eigenvalue weighted by molar-refractivity contribution is -0.153. The Morgan fingerprint density at radius 1 is 1.12 bits per heavy atom. The van der Waals surface area contributed by atoms with Gasteiger partial charge < -0.3 is 15.3 Å². The molecular formula is C19H32N4O3. The van der Waals surface area contributed by atoms with E-state index in [1.807, 2.05) is 4.90 Å². The van der Waals surface area contributed by atoms with Crippen LogP contribution >= 0.6 is 0 Å². The number of aliphatic hydroxyl groups is 1. The van der Waals surface area contributed by atoms with Gasteiger partial charge in [0, 0.05) is 64.7 Å². The molecular weight excluding hydrogens is 332 g/mol. The highest BCUT2D eigenvalue weighted by atomic mass is 16.3. The molecule has 2 N–H and O–H groups in total. The van der Waals surface area contributed by atoms with E-state index < -0.39 is 0 Å². The predicted octanol–water partition coefficient (Wildman–Crippen LogP) is -0.213. The van der Waals surface area contributed by atoms with Gasteiger partial charge in [0.1, 0.15) is 0 Å². The van der Waals surface area contributed by atoms with Crippen LogP contribution in [0.3, 0.4) is 0 Å². The molecule has 3 saturated heterocycles. The molecule has 26 heavy (non-hydrogen) atoms. The van der Waals surface area contributed by atoms with Crippen molar-refractivity contribution in [1.29, 1.82) is 0 Å². The molecule has 0 aromatic rings. The van der Waals surface area contributed by atoms with Crippen molar-refractivity contribution in [3.8, 4) is 0 Å². The van der Waals surface area contributed by atoms with Gasteiger partial charge in [0.25, 0.3) is 0 Å². The number of β-amino-alcohol motifs (C(OH)–C–C–N with tert-alkyl or cyclic N) is 1. The van der Waals surface area contributed by atoms with Gasteiger partial charge in [-0.2, -0.15) is 0 Å². The molecule has 3 heterocycles. The highest BCUT2D eigenvalue weighted by Gasteiger charge is 2.57. The summed E-state index contributed by atoms with van der Waals surface area (Å²) >= 11 is 0. The van der Waals surface area contributed by atoms with Crippen LogP contribution in [-0.4, -0.2) is 94.6 Å². The Morgan fingerprint density at radius 2 is 1.85 bits per heavy atom. The Balaban J connectivity index is 1.41. The third kappa shape index (κ3) is 3.37. The standard InChI is InChI=1S/C19H32N4O3/c1-14(24)20-7-6-18(26)21-9-16-8-17(25)10-23(16)19(11-21)12-22(13-19)15-4-2-3-5-15/h15-17,25H,2-13H2,1H3,(H,20,24)/t16-,17+/m0/s1. The number of nitrogens with one attached hydrogen (secondary N) is 1. The van der Waals surface area contributed by atoms with Gasteiger partial charge in [0.15, 0.2) is 0 Å². The molecule has 1 aliphatic carbocycles. The van der Waals surface area contributed by atoms with Gasteiger partial charge >= 0.3 is 0 Å². The first-order chi connectivity index (χ1) is 12.5. The smallest absolute Gasteiger partial charge is 0.224 e. The molecule has 0 unspecified atom stereocenters. The average molecular weight is 364 g/mol. The summed E-state index contributed by atoms with van der Waals surface area (Å²) in [6.45, 7) is 6.15. The van der Waals surface area contributed by atoms with Gasteiger partial charge in [-0.05, 0) is 19.3 Å². The van der Waals surface area contributed by atoms with E-state index in [2.05, 4.69) is 15.1 Å². The van der Waals surface area contributed by atoms with E-state index in [1.54, 1.807) is 0 Å². The molecule has 4 aliphatic rings. The van der Waals surface area contributed by atoms with Crippen molar-refractivity contribution in [2.75, 3.05) is 39.3 Å². The van der Waals surface area contributed by atoms with E-state index in [9.17, 15) is 14.7 Å². The van der Waals surface area contributed by atoms with E-state index in [0.717, 1.165) is 38.6 Å². The number of amides is 2. The van der Waals surface area contributed by atoms with E-state index in [4.69, 9.17) is 0 Å². The van der Waals surface area contributed by atoms with Crippen LogP contribution < -0.4 is 5.32 Å². The third-order valence-electron chi connectivity index (χ3n) is 6.82. The van der Waals surface area contributed by atoms with Crippen LogP contribution in [-0.2, 0) is 9.59 Å². The molecule has 7 heteroatoms. The minimum atomic E-state index is -0.271. The molecule has 1 saturated carbocycles. The summed E-state index contributed by atoms with van der Waals surface area (Å²) in [5.41, 5.74) is 0.0205. The second-order valence-electron chi connectivity index (χ2n) is 8.77. The van der Waals surface area contributed by atoms with Gasteiger partial charge in [-0.1, -0.05) is 12.8 Å². The number of hydrogen-bond donors (Lipinski definition) is 2. The molecule has 0 aromatic carbocycles. The Morgan fingerprint density at radius 3 is 2.54 bits per heavy atom. The molecule has 3 aliphatic heterocycles. The van der Waals surface area contributed by atoms with Crippen molar-refractivity contribution in [3.63, 3.8) is 0 Å². The summed E-state index contributed by atoms with van der Waals surface area (Å²) < 4.78 is 0. The van der Waals surface area contributed by atoms with Crippen molar-refractivity contribution in [3.05, 3.63) is 0 Å². The first kappa shape index (κ1) is 18.2. The Bertz CT molecular complexity index is 557. The zero-order chi connectivity index (χ0) is 18.3. The van der Waals surface area contributed by atoms with Gasteiger partial charge in [0.05, 0.1) is 11.6 Å². The molecule has 0 radical (unpaired) electrons. The topological polar surface area (TPSA) is 76.1 Å². The molecule has 2 amide bonds. The number of piperazine rings is 1. The Labute approximate surface area is 155 Å². The average Bonchev–Trinajstić information content (AvgIpc) is 3.19. The number of aliphatic hydroxyl groups excluding tert-OH is 1. The van der Waals surface area contributed by atoms with Crippen LogP contribution in [0.1, 0.15) is 45.4 Å². The lowest BCUT2D eigenvalue weighted by Crippen LogP contribution is -2.79. The first-order valence-corrected chi connectivity index (χ1v) is 10.2. The molecule has 146 valence electrons. The Kier molecular flexibility index (Phi) is 4.96. The van der Waals surface area contributed by atoms with E-state index in [-0.39, 0.29) is 29.5 Å².